The van der Waals surface area contributed by atoms with Gasteiger partial charge in [0.2, 0.25) is 11.7 Å². The van der Waals surface area contributed by atoms with Crippen molar-refractivity contribution in [2.24, 2.45) is 0 Å². The maximum absolute atomic E-state index is 13.8. The highest BCUT2D eigenvalue weighted by molar-refractivity contribution is 5.89. The van der Waals surface area contributed by atoms with Gasteiger partial charge in [-0.25, -0.2) is 13.6 Å². The van der Waals surface area contributed by atoms with Crippen LogP contribution >= 0.6 is 0 Å². The molecule has 2 heterocycles. The second kappa shape index (κ2) is 7.86. The largest absolute Gasteiger partial charge is 0.497 e. The predicted octanol–water partition coefficient (Wildman–Crippen LogP) is 4.39. The fourth-order valence-corrected chi connectivity index (χ4v) is 3.27. The Labute approximate surface area is 165 Å². The molecular weight excluding hydrogens is 382 g/mol. The monoisotopic (exact) mass is 400 g/mol. The molecule has 1 atom stereocenters. The number of amides is 2. The molecule has 1 N–H and O–H groups in total. The lowest BCUT2D eigenvalue weighted by Gasteiger charge is -2.22. The number of aromatic nitrogens is 2. The summed E-state index contributed by atoms with van der Waals surface area (Å²) in [6, 6.07) is 9.25. The average Bonchev–Trinajstić information content (AvgIpc) is 3.39. The van der Waals surface area contributed by atoms with Gasteiger partial charge in [0, 0.05) is 18.2 Å². The normalized spacial score (nSPS) is 16.1. The number of carbonyl (C=O) groups is 1. The van der Waals surface area contributed by atoms with Gasteiger partial charge in [-0.2, -0.15) is 4.98 Å². The molecule has 0 radical (unpaired) electrons. The molecule has 9 heteroatoms. The van der Waals surface area contributed by atoms with Crippen LogP contribution in [0, 0.1) is 11.6 Å². The first-order valence-electron chi connectivity index (χ1n) is 9.06. The van der Waals surface area contributed by atoms with Crippen LogP contribution in [0.4, 0.5) is 19.3 Å². The summed E-state index contributed by atoms with van der Waals surface area (Å²) in [7, 11) is 1.58. The van der Waals surface area contributed by atoms with E-state index in [1.807, 2.05) is 12.1 Å². The fourth-order valence-electron chi connectivity index (χ4n) is 3.27. The first-order valence-corrected chi connectivity index (χ1v) is 9.06. The van der Waals surface area contributed by atoms with Crippen LogP contribution in [0.1, 0.15) is 24.8 Å². The van der Waals surface area contributed by atoms with E-state index in [2.05, 4.69) is 15.5 Å². The fraction of sp³-hybridized carbons (Fsp3) is 0.250. The number of nitrogens with zero attached hydrogens (tertiary/aromatic N) is 3. The maximum Gasteiger partial charge on any atom is 0.322 e. The molecule has 7 nitrogen and oxygen atoms in total. The first kappa shape index (κ1) is 18.9. The zero-order chi connectivity index (χ0) is 20.4. The summed E-state index contributed by atoms with van der Waals surface area (Å²) in [6.07, 6.45) is 1.38. The summed E-state index contributed by atoms with van der Waals surface area (Å²) in [5.41, 5.74) is 0.662. The summed E-state index contributed by atoms with van der Waals surface area (Å²) in [6.45, 7) is 0.458. The molecule has 4 rings (SSSR count). The summed E-state index contributed by atoms with van der Waals surface area (Å²) in [5, 5.41) is 6.47. The SMILES string of the molecule is COc1ccc(-c2noc(C3CCCN3C(=O)Nc3ccc(F)cc3F)n2)cc1. The van der Waals surface area contributed by atoms with Crippen molar-refractivity contribution in [3.8, 4) is 17.1 Å². The zero-order valence-corrected chi connectivity index (χ0v) is 15.6. The minimum absolute atomic E-state index is 0.0912. The Kier molecular flexibility index (Phi) is 5.11. The van der Waals surface area contributed by atoms with E-state index in [4.69, 9.17) is 9.26 Å². The van der Waals surface area contributed by atoms with Gasteiger partial charge in [0.1, 0.15) is 23.4 Å². The van der Waals surface area contributed by atoms with Gasteiger partial charge in [0.05, 0.1) is 12.8 Å². The number of methoxy groups -OCH3 is 1. The number of hydrogen-bond donors (Lipinski definition) is 1. The molecule has 1 aliphatic heterocycles. The van der Waals surface area contributed by atoms with Crippen LogP contribution in [0.25, 0.3) is 11.4 Å². The molecule has 3 aromatic rings. The number of halogens is 2. The Morgan fingerprint density at radius 1 is 1.24 bits per heavy atom. The Morgan fingerprint density at radius 2 is 2.03 bits per heavy atom. The number of hydrogen-bond acceptors (Lipinski definition) is 5. The molecule has 29 heavy (non-hydrogen) atoms. The Hall–Kier alpha value is -3.49. The van der Waals surface area contributed by atoms with E-state index in [0.717, 1.165) is 24.1 Å². The average molecular weight is 400 g/mol. The van der Waals surface area contributed by atoms with Crippen molar-refractivity contribution in [1.82, 2.24) is 15.0 Å². The van der Waals surface area contributed by atoms with Gasteiger partial charge in [-0.15, -0.1) is 0 Å². The lowest BCUT2D eigenvalue weighted by molar-refractivity contribution is 0.193. The Bertz CT molecular complexity index is 1020. The molecule has 0 saturated carbocycles. The third kappa shape index (κ3) is 3.89. The first-order chi connectivity index (χ1) is 14.0. The number of carbonyl (C=O) groups excluding carboxylic acids is 1. The van der Waals surface area contributed by atoms with Gasteiger partial charge in [0.25, 0.3) is 0 Å². The van der Waals surface area contributed by atoms with Crippen molar-refractivity contribution >= 4 is 11.7 Å². The maximum atomic E-state index is 13.8. The Balaban J connectivity index is 1.50. The van der Waals surface area contributed by atoms with Crippen LogP contribution in [0.15, 0.2) is 47.0 Å². The van der Waals surface area contributed by atoms with Gasteiger partial charge in [-0.1, -0.05) is 5.16 Å². The van der Waals surface area contributed by atoms with E-state index in [0.29, 0.717) is 30.4 Å². The zero-order valence-electron chi connectivity index (χ0n) is 15.6. The van der Waals surface area contributed by atoms with Crippen LogP contribution < -0.4 is 10.1 Å². The van der Waals surface area contributed by atoms with Crippen LogP contribution in [-0.4, -0.2) is 34.7 Å². The number of anilines is 1. The van der Waals surface area contributed by atoms with Crippen molar-refractivity contribution in [1.29, 1.82) is 0 Å². The number of likely N-dealkylation sites (tertiary alicyclic amines) is 1. The molecular formula is C20H18F2N4O3. The third-order valence-corrected chi connectivity index (χ3v) is 4.76. The number of urea groups is 1. The molecule has 1 unspecified atom stereocenters. The summed E-state index contributed by atoms with van der Waals surface area (Å²) in [4.78, 5) is 18.6. The molecule has 1 saturated heterocycles. The number of ether oxygens (including phenoxy) is 1. The quantitative estimate of drug-likeness (QED) is 0.702. The lowest BCUT2D eigenvalue weighted by atomic mass is 10.2. The van der Waals surface area contributed by atoms with E-state index in [9.17, 15) is 13.6 Å². The molecule has 0 bridgehead atoms. The topological polar surface area (TPSA) is 80.5 Å². The molecule has 150 valence electrons. The standard InChI is InChI=1S/C20H18F2N4O3/c1-28-14-7-4-12(5-8-14)18-24-19(29-25-18)17-3-2-10-26(17)20(27)23-16-9-6-13(21)11-15(16)22/h4-9,11,17H,2-3,10H2,1H3,(H,23,27). The van der Waals surface area contributed by atoms with Crippen LogP contribution in [0.5, 0.6) is 5.75 Å². The summed E-state index contributed by atoms with van der Waals surface area (Å²) < 4.78 is 37.4. The highest BCUT2D eigenvalue weighted by atomic mass is 19.1. The van der Waals surface area contributed by atoms with E-state index in [-0.39, 0.29) is 5.69 Å². The molecule has 0 spiro atoms. The minimum atomic E-state index is -0.839. The Morgan fingerprint density at radius 3 is 2.76 bits per heavy atom. The van der Waals surface area contributed by atoms with Crippen LogP contribution in [0.3, 0.4) is 0 Å². The number of benzene rings is 2. The second-order valence-corrected chi connectivity index (χ2v) is 6.59. The number of rotatable bonds is 4. The van der Waals surface area contributed by atoms with E-state index in [1.54, 1.807) is 19.2 Å². The molecule has 0 aliphatic carbocycles. The van der Waals surface area contributed by atoms with Crippen LogP contribution in [-0.2, 0) is 0 Å². The minimum Gasteiger partial charge on any atom is -0.497 e. The van der Waals surface area contributed by atoms with Gasteiger partial charge in [0.15, 0.2) is 0 Å². The summed E-state index contributed by atoms with van der Waals surface area (Å²) in [5.74, 6) is -0.128. The van der Waals surface area contributed by atoms with Crippen molar-refractivity contribution in [3.63, 3.8) is 0 Å². The van der Waals surface area contributed by atoms with Gasteiger partial charge in [-0.3, -0.25) is 0 Å². The van der Waals surface area contributed by atoms with E-state index < -0.39 is 23.7 Å². The van der Waals surface area contributed by atoms with Gasteiger partial charge in [-0.05, 0) is 49.2 Å². The van der Waals surface area contributed by atoms with Crippen molar-refractivity contribution in [3.05, 3.63) is 60.0 Å². The third-order valence-electron chi connectivity index (χ3n) is 4.76. The van der Waals surface area contributed by atoms with Crippen molar-refractivity contribution < 1.29 is 22.8 Å². The number of nitrogens with one attached hydrogen (secondary N) is 1. The predicted molar refractivity (Wildman–Crippen MR) is 100 cm³/mol. The lowest BCUT2D eigenvalue weighted by Crippen LogP contribution is -2.34. The van der Waals surface area contributed by atoms with Crippen LogP contribution in [0.2, 0.25) is 0 Å². The van der Waals surface area contributed by atoms with Gasteiger partial charge < -0.3 is 19.5 Å². The highest BCUT2D eigenvalue weighted by Gasteiger charge is 2.34. The van der Waals surface area contributed by atoms with Crippen molar-refractivity contribution in [2.45, 2.75) is 18.9 Å². The second-order valence-electron chi connectivity index (χ2n) is 6.59. The molecule has 1 aromatic heterocycles. The molecule has 1 fully saturated rings. The van der Waals surface area contributed by atoms with E-state index in [1.165, 1.54) is 11.0 Å². The smallest absolute Gasteiger partial charge is 0.322 e. The highest BCUT2D eigenvalue weighted by Crippen LogP contribution is 2.33. The van der Waals surface area contributed by atoms with Gasteiger partial charge >= 0.3 is 6.03 Å². The molecule has 2 amide bonds. The molecule has 1 aliphatic rings. The van der Waals surface area contributed by atoms with Crippen molar-refractivity contribution in [2.75, 3.05) is 19.0 Å². The van der Waals surface area contributed by atoms with E-state index >= 15 is 0 Å². The molecule has 2 aromatic carbocycles. The summed E-state index contributed by atoms with van der Waals surface area (Å²) >= 11 is 0.